The van der Waals surface area contributed by atoms with Crippen molar-refractivity contribution in [2.45, 2.75) is 11.5 Å². The molecule has 0 radical (unpaired) electrons. The molecule has 1 aromatic heterocycles. The topological polar surface area (TPSA) is 79.3 Å². The van der Waals surface area contributed by atoms with Crippen molar-refractivity contribution in [3.63, 3.8) is 0 Å². The van der Waals surface area contributed by atoms with E-state index in [2.05, 4.69) is 15.7 Å². The second-order valence-corrected chi connectivity index (χ2v) is 7.59. The lowest BCUT2D eigenvalue weighted by Gasteiger charge is -2.12. The molecule has 0 aliphatic carbocycles. The van der Waals surface area contributed by atoms with Crippen molar-refractivity contribution < 1.29 is 9.59 Å². The number of nitrogens with zero attached hydrogens (tertiary/aromatic N) is 3. The van der Waals surface area contributed by atoms with Crippen molar-refractivity contribution in [1.29, 1.82) is 0 Å². The molecular formula is C17H20ClN5O2S. The Balaban J connectivity index is 1.81. The molecule has 26 heavy (non-hydrogen) atoms. The van der Waals surface area contributed by atoms with Gasteiger partial charge in [-0.2, -0.15) is 16.9 Å². The van der Waals surface area contributed by atoms with Gasteiger partial charge in [0, 0.05) is 35.2 Å². The fourth-order valence-electron chi connectivity index (χ4n) is 2.57. The maximum Gasteiger partial charge on any atom is 0.314 e. The van der Waals surface area contributed by atoms with E-state index in [9.17, 15) is 9.59 Å². The minimum Gasteiger partial charge on any atom is -0.347 e. The van der Waals surface area contributed by atoms with Gasteiger partial charge in [0.25, 0.3) is 0 Å². The Bertz CT molecular complexity index is 837. The molecule has 1 aliphatic heterocycles. The van der Waals surface area contributed by atoms with Crippen LogP contribution in [-0.2, 0) is 21.1 Å². The van der Waals surface area contributed by atoms with Crippen LogP contribution in [0.5, 0.6) is 0 Å². The number of halogens is 1. The third-order valence-electron chi connectivity index (χ3n) is 3.89. The van der Waals surface area contributed by atoms with Crippen molar-refractivity contribution in [2.75, 3.05) is 32.5 Å². The number of likely N-dealkylation sites (N-methyl/N-ethyl adjacent to an activating group) is 1. The van der Waals surface area contributed by atoms with Gasteiger partial charge >= 0.3 is 11.8 Å². The number of aromatic nitrogens is 2. The molecule has 0 bridgehead atoms. The number of amides is 2. The second-order valence-electron chi connectivity index (χ2n) is 6.17. The molecule has 0 spiro atoms. The first kappa shape index (κ1) is 18.8. The summed E-state index contributed by atoms with van der Waals surface area (Å²) in [5, 5.41) is 10.5. The van der Waals surface area contributed by atoms with Crippen LogP contribution in [0.4, 0.5) is 5.82 Å². The number of benzene rings is 1. The lowest BCUT2D eigenvalue weighted by molar-refractivity contribution is -0.136. The van der Waals surface area contributed by atoms with Crippen LogP contribution in [0.15, 0.2) is 24.3 Å². The standard InChI is InChI=1S/C17H20ClN5O2S/c1-22(2)7-6-19-16(24)17(25)20-15-13-9-26-10-14(13)21-23(15)12-5-3-4-11(18)8-12/h3-5,8H,6-7,9-10H2,1-2H3,(H,19,24)(H,20,25). The van der Waals surface area contributed by atoms with Gasteiger partial charge < -0.3 is 15.5 Å². The Morgan fingerprint density at radius 3 is 2.85 bits per heavy atom. The molecule has 0 saturated heterocycles. The molecule has 0 unspecified atom stereocenters. The zero-order valence-corrected chi connectivity index (χ0v) is 16.2. The highest BCUT2D eigenvalue weighted by Crippen LogP contribution is 2.36. The van der Waals surface area contributed by atoms with E-state index in [0.29, 0.717) is 23.9 Å². The molecule has 1 aliphatic rings. The molecule has 0 atom stereocenters. The quantitative estimate of drug-likeness (QED) is 0.758. The summed E-state index contributed by atoms with van der Waals surface area (Å²) in [5.41, 5.74) is 2.60. The van der Waals surface area contributed by atoms with E-state index in [1.54, 1.807) is 28.6 Å². The predicted octanol–water partition coefficient (Wildman–Crippen LogP) is 1.89. The SMILES string of the molecule is CN(C)CCNC(=O)C(=O)Nc1c2c(nn1-c1cccc(Cl)c1)CSC2. The minimum absolute atomic E-state index is 0.404. The minimum atomic E-state index is -0.702. The normalized spacial score (nSPS) is 12.9. The van der Waals surface area contributed by atoms with Crippen LogP contribution in [0.2, 0.25) is 5.02 Å². The maximum absolute atomic E-state index is 12.3. The Hall–Kier alpha value is -2.03. The first-order valence-corrected chi connectivity index (χ1v) is 9.67. The number of hydrogen-bond donors (Lipinski definition) is 2. The van der Waals surface area contributed by atoms with Crippen molar-refractivity contribution in [3.05, 3.63) is 40.5 Å². The fourth-order valence-corrected chi connectivity index (χ4v) is 3.79. The van der Waals surface area contributed by atoms with Gasteiger partial charge in [-0.05, 0) is 32.3 Å². The Morgan fingerprint density at radius 1 is 1.31 bits per heavy atom. The van der Waals surface area contributed by atoms with Crippen LogP contribution >= 0.6 is 23.4 Å². The summed E-state index contributed by atoms with van der Waals surface area (Å²) in [7, 11) is 3.80. The third kappa shape index (κ3) is 4.20. The van der Waals surface area contributed by atoms with Crippen LogP contribution in [0.3, 0.4) is 0 Å². The monoisotopic (exact) mass is 393 g/mol. The van der Waals surface area contributed by atoms with Crippen LogP contribution in [0.1, 0.15) is 11.3 Å². The van der Waals surface area contributed by atoms with Crippen molar-refractivity contribution in [1.82, 2.24) is 20.0 Å². The molecule has 2 amide bonds. The van der Waals surface area contributed by atoms with Crippen LogP contribution in [0, 0.1) is 0 Å². The van der Waals surface area contributed by atoms with Crippen LogP contribution < -0.4 is 10.6 Å². The van der Waals surface area contributed by atoms with E-state index in [4.69, 9.17) is 11.6 Å². The molecule has 9 heteroatoms. The van der Waals surface area contributed by atoms with E-state index in [0.717, 1.165) is 28.5 Å². The number of thioether (sulfide) groups is 1. The van der Waals surface area contributed by atoms with Gasteiger partial charge in [-0.15, -0.1) is 0 Å². The summed E-state index contributed by atoms with van der Waals surface area (Å²) in [4.78, 5) is 26.3. The highest BCUT2D eigenvalue weighted by atomic mass is 35.5. The first-order chi connectivity index (χ1) is 12.5. The third-order valence-corrected chi connectivity index (χ3v) is 5.09. The fraction of sp³-hybridized carbons (Fsp3) is 0.353. The van der Waals surface area contributed by atoms with E-state index in [1.165, 1.54) is 0 Å². The summed E-state index contributed by atoms with van der Waals surface area (Å²) < 4.78 is 1.64. The van der Waals surface area contributed by atoms with E-state index < -0.39 is 11.8 Å². The van der Waals surface area contributed by atoms with Crippen molar-refractivity contribution >= 4 is 41.0 Å². The highest BCUT2D eigenvalue weighted by molar-refractivity contribution is 7.98. The molecule has 2 aromatic rings. The first-order valence-electron chi connectivity index (χ1n) is 8.14. The van der Waals surface area contributed by atoms with E-state index in [-0.39, 0.29) is 0 Å². The molecule has 0 saturated carbocycles. The van der Waals surface area contributed by atoms with Crippen LogP contribution in [0.25, 0.3) is 5.69 Å². The van der Waals surface area contributed by atoms with E-state index >= 15 is 0 Å². The second kappa shape index (κ2) is 8.11. The largest absolute Gasteiger partial charge is 0.347 e. The predicted molar refractivity (Wildman–Crippen MR) is 104 cm³/mol. The highest BCUT2D eigenvalue weighted by Gasteiger charge is 2.26. The van der Waals surface area contributed by atoms with Gasteiger partial charge in [-0.25, -0.2) is 4.68 Å². The zero-order valence-electron chi connectivity index (χ0n) is 14.6. The lowest BCUT2D eigenvalue weighted by Crippen LogP contribution is -2.39. The molecule has 2 heterocycles. The summed E-state index contributed by atoms with van der Waals surface area (Å²) in [5.74, 6) is 0.686. The average molecular weight is 394 g/mol. The van der Waals surface area contributed by atoms with Gasteiger partial charge in [0.2, 0.25) is 0 Å². The number of carbonyl (C=O) groups excluding carboxylic acids is 2. The Morgan fingerprint density at radius 2 is 2.12 bits per heavy atom. The lowest BCUT2D eigenvalue weighted by atomic mass is 10.2. The number of fused-ring (bicyclic) bond motifs is 1. The molecule has 1 aromatic carbocycles. The number of rotatable bonds is 5. The summed E-state index contributed by atoms with van der Waals surface area (Å²) in [6, 6.07) is 7.21. The summed E-state index contributed by atoms with van der Waals surface area (Å²) >= 11 is 7.80. The van der Waals surface area contributed by atoms with Gasteiger partial charge in [0.15, 0.2) is 0 Å². The maximum atomic E-state index is 12.3. The average Bonchev–Trinajstić information content (AvgIpc) is 3.17. The van der Waals surface area contributed by atoms with Crippen molar-refractivity contribution in [3.8, 4) is 5.69 Å². The van der Waals surface area contributed by atoms with E-state index in [1.807, 2.05) is 31.1 Å². The molecular weight excluding hydrogens is 374 g/mol. The number of nitrogens with one attached hydrogen (secondary N) is 2. The van der Waals surface area contributed by atoms with Gasteiger partial charge in [-0.1, -0.05) is 17.7 Å². The molecule has 2 N–H and O–H groups in total. The molecule has 0 fully saturated rings. The van der Waals surface area contributed by atoms with Crippen molar-refractivity contribution in [2.24, 2.45) is 0 Å². The number of hydrogen-bond acceptors (Lipinski definition) is 5. The van der Waals surface area contributed by atoms with Gasteiger partial charge in [0.1, 0.15) is 5.82 Å². The molecule has 7 nitrogen and oxygen atoms in total. The zero-order chi connectivity index (χ0) is 18.7. The Labute approximate surface area is 161 Å². The summed E-state index contributed by atoms with van der Waals surface area (Å²) in [6.07, 6.45) is 0. The number of carbonyl (C=O) groups is 2. The van der Waals surface area contributed by atoms with Gasteiger partial charge in [0.05, 0.1) is 11.4 Å². The van der Waals surface area contributed by atoms with Crippen LogP contribution in [-0.4, -0.2) is 53.7 Å². The molecule has 3 rings (SSSR count). The smallest absolute Gasteiger partial charge is 0.314 e. The summed E-state index contributed by atoms with van der Waals surface area (Å²) in [6.45, 7) is 1.06. The Kier molecular flexibility index (Phi) is 5.85. The number of anilines is 1. The van der Waals surface area contributed by atoms with Gasteiger partial charge in [-0.3, -0.25) is 9.59 Å². The molecule has 138 valence electrons.